The zero-order valence-electron chi connectivity index (χ0n) is 40.7. The lowest BCUT2D eigenvalue weighted by atomic mass is 9.57. The second-order valence-electron chi connectivity index (χ2n) is 20.8. The van der Waals surface area contributed by atoms with Crippen molar-refractivity contribution in [2.75, 3.05) is 0 Å². The fourth-order valence-corrected chi connectivity index (χ4v) is 11.8. The first-order valence-corrected chi connectivity index (χ1v) is 24.9. The molecular weight excluding hydrogens is 863 g/mol. The van der Waals surface area contributed by atoms with E-state index in [2.05, 4.69) is 232 Å². The Bertz CT molecular complexity index is 4010. The van der Waals surface area contributed by atoms with Crippen LogP contribution in [0.2, 0.25) is 0 Å². The van der Waals surface area contributed by atoms with Gasteiger partial charge in [0.1, 0.15) is 0 Å². The Morgan fingerprint density at radius 1 is 0.394 bits per heavy atom. The van der Waals surface area contributed by atoms with Crippen LogP contribution in [0.15, 0.2) is 212 Å². The lowest BCUT2D eigenvalue weighted by molar-refractivity contribution is 0.234. The Balaban J connectivity index is 0.953. The molecule has 0 amide bonds. The fraction of sp³-hybridized carbons (Fsp3) is 0.136. The normalized spacial score (nSPS) is 15.1. The number of hydrogen-bond donors (Lipinski definition) is 0. The summed E-state index contributed by atoms with van der Waals surface area (Å²) in [6.07, 6.45) is 1.17. The summed E-state index contributed by atoms with van der Waals surface area (Å²) in [5.41, 5.74) is 17.8. The zero-order chi connectivity index (χ0) is 48.0. The first-order valence-electron chi connectivity index (χ1n) is 24.9. The van der Waals surface area contributed by atoms with E-state index in [0.29, 0.717) is 23.5 Å². The molecule has 0 saturated heterocycles. The van der Waals surface area contributed by atoms with Crippen molar-refractivity contribution in [3.05, 3.63) is 223 Å². The van der Waals surface area contributed by atoms with Gasteiger partial charge in [0, 0.05) is 38.4 Å². The summed E-state index contributed by atoms with van der Waals surface area (Å²) in [4.78, 5) is 15.7. The first kappa shape index (κ1) is 42.7. The number of fused-ring (bicyclic) bond motifs is 7. The van der Waals surface area contributed by atoms with Crippen molar-refractivity contribution in [3.63, 3.8) is 0 Å². The van der Waals surface area contributed by atoms with Crippen LogP contribution in [-0.2, 0) is 10.8 Å². The third-order valence-corrected chi connectivity index (χ3v) is 15.7. The molecule has 5 heteroatoms. The maximum Gasteiger partial charge on any atom is 0.238 e. The number of nitrogens with zero attached hydrogens (tertiary/aromatic N) is 5. The van der Waals surface area contributed by atoms with E-state index in [1.807, 2.05) is 24.3 Å². The maximum atomic E-state index is 5.31. The van der Waals surface area contributed by atoms with Crippen molar-refractivity contribution in [1.29, 1.82) is 0 Å². The molecule has 71 heavy (non-hydrogen) atoms. The van der Waals surface area contributed by atoms with Gasteiger partial charge in [-0.15, -0.1) is 0 Å². The molecule has 1 aliphatic carbocycles. The predicted molar refractivity (Wildman–Crippen MR) is 296 cm³/mol. The smallest absolute Gasteiger partial charge is 0.238 e. The van der Waals surface area contributed by atoms with Gasteiger partial charge in [-0.2, -0.15) is 9.97 Å². The standard InChI is InChI=1S/C66H53N5/c1-42-41-65(2,3)61-51(26-17-27-56(61)66(42,4)5)49-23-16-22-48(38-49)45-34-36-50(37-35-45)70-57-28-14-12-24-52(57)54-39-55-53-25-13-15-29-58(53)71(60(55)40-59(54)70)64-68-62(46-20-10-7-11-21-46)67-63(69-64)47-32-30-44(31-33-47)43-18-8-6-9-19-43/h6-40,42H,41H2,1-5H3. The third kappa shape index (κ3) is 7.01. The van der Waals surface area contributed by atoms with Crippen molar-refractivity contribution >= 4 is 43.6 Å². The van der Waals surface area contributed by atoms with E-state index in [0.717, 1.165) is 55.2 Å². The van der Waals surface area contributed by atoms with Gasteiger partial charge in [0.15, 0.2) is 11.6 Å². The minimum atomic E-state index is 0.0794. The maximum absolute atomic E-state index is 5.31. The number of para-hydroxylation sites is 2. The predicted octanol–water partition coefficient (Wildman–Crippen LogP) is 17.0. The molecule has 0 saturated carbocycles. The summed E-state index contributed by atoms with van der Waals surface area (Å²) in [7, 11) is 0. The van der Waals surface area contributed by atoms with Crippen LogP contribution in [0.5, 0.6) is 0 Å². The topological polar surface area (TPSA) is 48.5 Å². The van der Waals surface area contributed by atoms with Gasteiger partial charge in [-0.05, 0) is 110 Å². The van der Waals surface area contributed by atoms with E-state index in [-0.39, 0.29) is 10.8 Å². The van der Waals surface area contributed by atoms with E-state index in [4.69, 9.17) is 15.0 Å². The van der Waals surface area contributed by atoms with Crippen LogP contribution in [0.4, 0.5) is 0 Å². The summed E-state index contributed by atoms with van der Waals surface area (Å²) >= 11 is 0. The highest BCUT2D eigenvalue weighted by Gasteiger charge is 2.43. The monoisotopic (exact) mass is 915 g/mol. The number of rotatable bonds is 7. The van der Waals surface area contributed by atoms with Crippen molar-refractivity contribution in [2.45, 2.75) is 51.9 Å². The number of aromatic nitrogens is 5. The molecule has 3 heterocycles. The van der Waals surface area contributed by atoms with Crippen LogP contribution >= 0.6 is 0 Å². The van der Waals surface area contributed by atoms with Gasteiger partial charge < -0.3 is 4.57 Å². The Labute approximate surface area is 414 Å². The molecule has 0 bridgehead atoms. The summed E-state index contributed by atoms with van der Waals surface area (Å²) in [6.45, 7) is 12.1. The number of hydrogen-bond acceptors (Lipinski definition) is 3. The quantitative estimate of drug-likeness (QED) is 0.160. The highest BCUT2D eigenvalue weighted by atomic mass is 15.2. The molecule has 9 aromatic carbocycles. The van der Waals surface area contributed by atoms with E-state index in [1.165, 1.54) is 56.1 Å². The molecular formula is C66H53N5. The van der Waals surface area contributed by atoms with Gasteiger partial charge in [-0.25, -0.2) is 4.98 Å². The highest BCUT2D eigenvalue weighted by Crippen LogP contribution is 2.52. The molecule has 1 atom stereocenters. The highest BCUT2D eigenvalue weighted by molar-refractivity contribution is 6.19. The molecule has 0 radical (unpaired) electrons. The van der Waals surface area contributed by atoms with Crippen LogP contribution in [0.1, 0.15) is 52.2 Å². The van der Waals surface area contributed by atoms with Crippen molar-refractivity contribution in [1.82, 2.24) is 24.1 Å². The van der Waals surface area contributed by atoms with Gasteiger partial charge in [-0.1, -0.05) is 204 Å². The van der Waals surface area contributed by atoms with E-state index in [9.17, 15) is 0 Å². The summed E-state index contributed by atoms with van der Waals surface area (Å²) in [5, 5.41) is 4.68. The van der Waals surface area contributed by atoms with Gasteiger partial charge in [0.2, 0.25) is 5.95 Å². The molecule has 342 valence electrons. The Morgan fingerprint density at radius 3 is 1.56 bits per heavy atom. The molecule has 0 fully saturated rings. The zero-order valence-corrected chi connectivity index (χ0v) is 40.7. The van der Waals surface area contributed by atoms with Gasteiger partial charge in [0.05, 0.1) is 22.1 Å². The summed E-state index contributed by atoms with van der Waals surface area (Å²) < 4.78 is 4.64. The minimum Gasteiger partial charge on any atom is -0.309 e. The Kier molecular flexibility index (Phi) is 9.83. The molecule has 0 N–H and O–H groups in total. The lowest BCUT2D eigenvalue weighted by Crippen LogP contribution is -2.40. The second kappa shape index (κ2) is 16.4. The molecule has 0 spiro atoms. The molecule has 1 unspecified atom stereocenters. The van der Waals surface area contributed by atoms with Gasteiger partial charge in [-0.3, -0.25) is 4.57 Å². The largest absolute Gasteiger partial charge is 0.309 e. The van der Waals surface area contributed by atoms with Crippen molar-refractivity contribution in [2.24, 2.45) is 5.92 Å². The summed E-state index contributed by atoms with van der Waals surface area (Å²) in [5.74, 6) is 2.40. The fourth-order valence-electron chi connectivity index (χ4n) is 11.8. The van der Waals surface area contributed by atoms with Gasteiger partial charge >= 0.3 is 0 Å². The van der Waals surface area contributed by atoms with E-state index in [1.54, 1.807) is 0 Å². The van der Waals surface area contributed by atoms with Crippen molar-refractivity contribution in [3.8, 4) is 67.8 Å². The molecule has 5 nitrogen and oxygen atoms in total. The molecule has 1 aliphatic rings. The summed E-state index contributed by atoms with van der Waals surface area (Å²) in [6, 6.07) is 76.5. The van der Waals surface area contributed by atoms with E-state index < -0.39 is 0 Å². The minimum absolute atomic E-state index is 0.0794. The molecule has 13 rings (SSSR count). The Morgan fingerprint density at radius 2 is 0.887 bits per heavy atom. The lowest BCUT2D eigenvalue weighted by Gasteiger charge is -2.47. The average Bonchev–Trinajstić information content (AvgIpc) is 3.92. The molecule has 3 aromatic heterocycles. The number of benzene rings is 9. The van der Waals surface area contributed by atoms with E-state index >= 15 is 0 Å². The first-order chi connectivity index (χ1) is 34.6. The molecule has 0 aliphatic heterocycles. The van der Waals surface area contributed by atoms with Crippen LogP contribution in [0, 0.1) is 5.92 Å². The van der Waals surface area contributed by atoms with Crippen LogP contribution < -0.4 is 0 Å². The van der Waals surface area contributed by atoms with Crippen LogP contribution in [0.3, 0.4) is 0 Å². The average molecular weight is 916 g/mol. The third-order valence-electron chi connectivity index (χ3n) is 15.7. The van der Waals surface area contributed by atoms with Gasteiger partial charge in [0.25, 0.3) is 0 Å². The van der Waals surface area contributed by atoms with Crippen molar-refractivity contribution < 1.29 is 0 Å². The Hall–Kier alpha value is -8.41. The van der Waals surface area contributed by atoms with Crippen LogP contribution in [0.25, 0.3) is 111 Å². The molecule has 12 aromatic rings. The SMILES string of the molecule is CC1CC(C)(C)c2c(-c3cccc(-c4ccc(-n5c6ccccc6c6cc7c8ccccc8n(-c8nc(-c9ccccc9)nc(-c9ccc(-c%10ccccc%10)cc9)n8)c7cc65)cc4)c3)cccc2C1(C)C. The second-order valence-corrected chi connectivity index (χ2v) is 20.8. The van der Waals surface area contributed by atoms with Crippen LogP contribution in [-0.4, -0.2) is 24.1 Å².